The number of aryl methyl sites for hydroxylation is 2. The van der Waals surface area contributed by atoms with Crippen molar-refractivity contribution in [1.82, 2.24) is 10.2 Å². The molecule has 1 N–H and O–H groups in total. The molecule has 0 radical (unpaired) electrons. The van der Waals surface area contributed by atoms with Crippen molar-refractivity contribution in [3.05, 3.63) is 65.2 Å². The molecule has 7 nitrogen and oxygen atoms in total. The molecule has 1 atom stereocenters. The second-order valence-electron chi connectivity index (χ2n) is 9.72. The smallest absolute Gasteiger partial charge is 0.244 e. The van der Waals surface area contributed by atoms with Gasteiger partial charge in [0.05, 0.1) is 11.9 Å². The van der Waals surface area contributed by atoms with Gasteiger partial charge in [0.2, 0.25) is 21.8 Å². The highest BCUT2D eigenvalue weighted by Gasteiger charge is 2.31. The fourth-order valence-electron chi connectivity index (χ4n) is 4.77. The number of para-hydroxylation sites is 1. The van der Waals surface area contributed by atoms with E-state index in [-0.39, 0.29) is 25.0 Å². The molecule has 8 heteroatoms. The van der Waals surface area contributed by atoms with E-state index in [2.05, 4.69) is 5.32 Å². The molecule has 0 spiro atoms. The van der Waals surface area contributed by atoms with Crippen molar-refractivity contribution in [2.45, 2.75) is 77.9 Å². The van der Waals surface area contributed by atoms with Gasteiger partial charge in [0.15, 0.2) is 0 Å². The van der Waals surface area contributed by atoms with E-state index < -0.39 is 22.0 Å². The highest BCUT2D eigenvalue weighted by molar-refractivity contribution is 7.92. The number of hydrogen-bond acceptors (Lipinski definition) is 4. The van der Waals surface area contributed by atoms with Crippen LogP contribution in [-0.4, -0.2) is 50.0 Å². The van der Waals surface area contributed by atoms with Crippen molar-refractivity contribution >= 4 is 27.5 Å². The molecule has 0 heterocycles. The summed E-state index contributed by atoms with van der Waals surface area (Å²) in [6, 6.07) is 14.3. The fraction of sp³-hybridized carbons (Fsp3) is 0.500. The van der Waals surface area contributed by atoms with E-state index in [1.165, 1.54) is 11.3 Å². The van der Waals surface area contributed by atoms with Crippen molar-refractivity contribution < 1.29 is 18.0 Å². The Morgan fingerprint density at radius 1 is 1.00 bits per heavy atom. The van der Waals surface area contributed by atoms with Crippen LogP contribution < -0.4 is 9.62 Å². The molecule has 1 aliphatic carbocycles. The predicted octanol–water partition coefficient (Wildman–Crippen LogP) is 4.19. The van der Waals surface area contributed by atoms with Gasteiger partial charge in [-0.05, 0) is 55.9 Å². The van der Waals surface area contributed by atoms with E-state index in [1.807, 2.05) is 50.2 Å². The number of sulfonamides is 1. The number of amides is 2. The number of benzene rings is 2. The number of nitrogens with zero attached hydrogens (tertiary/aromatic N) is 2. The van der Waals surface area contributed by atoms with E-state index in [0.29, 0.717) is 12.1 Å². The molecule has 3 rings (SSSR count). The normalized spacial score (nSPS) is 15.2. The summed E-state index contributed by atoms with van der Waals surface area (Å²) >= 11 is 0. The molecule has 2 aromatic rings. The minimum Gasteiger partial charge on any atom is -0.352 e. The summed E-state index contributed by atoms with van der Waals surface area (Å²) in [6.45, 7) is 5.48. The molecule has 2 amide bonds. The van der Waals surface area contributed by atoms with Crippen LogP contribution in [-0.2, 0) is 32.6 Å². The van der Waals surface area contributed by atoms with Crippen LogP contribution in [0.5, 0.6) is 0 Å². The van der Waals surface area contributed by atoms with Crippen LogP contribution in [0.15, 0.2) is 48.5 Å². The zero-order valence-corrected chi connectivity index (χ0v) is 22.7. The van der Waals surface area contributed by atoms with Crippen LogP contribution in [0.2, 0.25) is 0 Å². The third kappa shape index (κ3) is 7.09. The minimum absolute atomic E-state index is 0.119. The topological polar surface area (TPSA) is 86.8 Å². The lowest BCUT2D eigenvalue weighted by Gasteiger charge is -2.33. The number of carbonyl (C=O) groups is 2. The summed E-state index contributed by atoms with van der Waals surface area (Å²) in [6.07, 6.45) is 6.98. The Kier molecular flexibility index (Phi) is 9.54. The van der Waals surface area contributed by atoms with Gasteiger partial charge in [0.25, 0.3) is 0 Å². The SMILES string of the molecule is CCc1ccccc1N(CC(=O)N(Cc1ccccc1C)[C@@H](C)C(=O)NC1CCCCC1)S(C)(=O)=O. The summed E-state index contributed by atoms with van der Waals surface area (Å²) in [5.74, 6) is -0.621. The first-order valence-corrected chi connectivity index (χ1v) is 14.7. The molecule has 2 aromatic carbocycles. The Morgan fingerprint density at radius 2 is 1.61 bits per heavy atom. The van der Waals surface area contributed by atoms with E-state index in [4.69, 9.17) is 0 Å². The van der Waals surface area contributed by atoms with Gasteiger partial charge >= 0.3 is 0 Å². The quantitative estimate of drug-likeness (QED) is 0.516. The molecular formula is C28H39N3O4S. The molecule has 0 bridgehead atoms. The lowest BCUT2D eigenvalue weighted by Crippen LogP contribution is -2.53. The van der Waals surface area contributed by atoms with Crippen molar-refractivity contribution in [1.29, 1.82) is 0 Å². The third-order valence-electron chi connectivity index (χ3n) is 7.04. The lowest BCUT2D eigenvalue weighted by molar-refractivity contribution is -0.139. The molecule has 1 saturated carbocycles. The maximum absolute atomic E-state index is 13.8. The lowest BCUT2D eigenvalue weighted by atomic mass is 9.95. The van der Waals surface area contributed by atoms with Crippen molar-refractivity contribution in [3.63, 3.8) is 0 Å². The maximum atomic E-state index is 13.8. The number of rotatable bonds is 10. The fourth-order valence-corrected chi connectivity index (χ4v) is 5.65. The van der Waals surface area contributed by atoms with E-state index >= 15 is 0 Å². The van der Waals surface area contributed by atoms with Crippen molar-refractivity contribution in [3.8, 4) is 0 Å². The summed E-state index contributed by atoms with van der Waals surface area (Å²) in [4.78, 5) is 28.5. The first kappa shape index (κ1) is 27.7. The van der Waals surface area contributed by atoms with Crippen LogP contribution in [0, 0.1) is 6.92 Å². The van der Waals surface area contributed by atoms with Gasteiger partial charge in [0.1, 0.15) is 12.6 Å². The van der Waals surface area contributed by atoms with Gasteiger partial charge in [-0.25, -0.2) is 8.42 Å². The predicted molar refractivity (Wildman–Crippen MR) is 144 cm³/mol. The molecule has 36 heavy (non-hydrogen) atoms. The number of anilines is 1. The Morgan fingerprint density at radius 3 is 2.22 bits per heavy atom. The molecular weight excluding hydrogens is 474 g/mol. The standard InChI is InChI=1S/C28H39N3O4S/c1-5-23-14-11-12-18-26(23)31(36(4,34)35)20-27(32)30(19-24-15-10-9-13-21(24)2)22(3)28(33)29-25-16-7-6-8-17-25/h9-15,18,22,25H,5-8,16-17,19-20H2,1-4H3,(H,29,33)/t22-/m0/s1. The maximum Gasteiger partial charge on any atom is 0.244 e. The Bertz CT molecular complexity index is 1160. The Hall–Kier alpha value is -2.87. The molecule has 0 saturated heterocycles. The van der Waals surface area contributed by atoms with E-state index in [9.17, 15) is 18.0 Å². The molecule has 0 aliphatic heterocycles. The average Bonchev–Trinajstić information content (AvgIpc) is 2.86. The summed E-state index contributed by atoms with van der Waals surface area (Å²) in [5.41, 5.74) is 3.25. The van der Waals surface area contributed by atoms with Gasteiger partial charge in [-0.15, -0.1) is 0 Å². The van der Waals surface area contributed by atoms with Crippen LogP contribution in [0.1, 0.15) is 62.6 Å². The molecule has 0 unspecified atom stereocenters. The average molecular weight is 514 g/mol. The highest BCUT2D eigenvalue weighted by Crippen LogP contribution is 2.24. The monoisotopic (exact) mass is 513 g/mol. The van der Waals surface area contributed by atoms with Gasteiger partial charge in [-0.2, -0.15) is 0 Å². The zero-order valence-electron chi connectivity index (χ0n) is 21.9. The number of hydrogen-bond donors (Lipinski definition) is 1. The van der Waals surface area contributed by atoms with Gasteiger partial charge in [0, 0.05) is 12.6 Å². The number of carbonyl (C=O) groups excluding carboxylic acids is 2. The van der Waals surface area contributed by atoms with Gasteiger partial charge in [-0.1, -0.05) is 68.7 Å². The summed E-state index contributed by atoms with van der Waals surface area (Å²) in [5, 5.41) is 3.12. The third-order valence-corrected chi connectivity index (χ3v) is 8.17. The first-order chi connectivity index (χ1) is 17.1. The number of nitrogens with one attached hydrogen (secondary N) is 1. The highest BCUT2D eigenvalue weighted by atomic mass is 32.2. The second-order valence-corrected chi connectivity index (χ2v) is 11.6. The summed E-state index contributed by atoms with van der Waals surface area (Å²) < 4.78 is 26.8. The minimum atomic E-state index is -3.74. The van der Waals surface area contributed by atoms with E-state index in [0.717, 1.165) is 52.9 Å². The van der Waals surface area contributed by atoms with Crippen molar-refractivity contribution in [2.75, 3.05) is 17.1 Å². The largest absolute Gasteiger partial charge is 0.352 e. The van der Waals surface area contributed by atoms with Gasteiger partial charge in [-0.3, -0.25) is 13.9 Å². The Balaban J connectivity index is 1.90. The molecule has 0 aromatic heterocycles. The van der Waals surface area contributed by atoms with Crippen LogP contribution >= 0.6 is 0 Å². The van der Waals surface area contributed by atoms with Crippen LogP contribution in [0.25, 0.3) is 0 Å². The Labute approximate surface area is 215 Å². The molecule has 1 fully saturated rings. The van der Waals surface area contributed by atoms with Crippen molar-refractivity contribution in [2.24, 2.45) is 0 Å². The van der Waals surface area contributed by atoms with Gasteiger partial charge < -0.3 is 10.2 Å². The zero-order chi connectivity index (χ0) is 26.3. The second kappa shape index (κ2) is 12.4. The van der Waals surface area contributed by atoms with E-state index in [1.54, 1.807) is 19.1 Å². The van der Waals surface area contributed by atoms with Crippen LogP contribution in [0.3, 0.4) is 0 Å². The molecule has 1 aliphatic rings. The molecule has 196 valence electrons. The first-order valence-electron chi connectivity index (χ1n) is 12.8. The summed E-state index contributed by atoms with van der Waals surface area (Å²) in [7, 11) is -3.74. The van der Waals surface area contributed by atoms with Crippen LogP contribution in [0.4, 0.5) is 5.69 Å².